The molecule has 2 rings (SSSR count). The van der Waals surface area contributed by atoms with Crippen molar-refractivity contribution in [2.24, 2.45) is 5.41 Å². The highest BCUT2D eigenvalue weighted by Crippen LogP contribution is 2.32. The highest BCUT2D eigenvalue weighted by molar-refractivity contribution is 5.78. The molecule has 0 bridgehead atoms. The molecule has 1 heterocycles. The summed E-state index contributed by atoms with van der Waals surface area (Å²) in [6.45, 7) is 1.23. The summed E-state index contributed by atoms with van der Waals surface area (Å²) in [5, 5.41) is 18.1. The molecule has 4 nitrogen and oxygen atoms in total. The molecule has 0 spiro atoms. The number of piperidine rings is 1. The van der Waals surface area contributed by atoms with Crippen molar-refractivity contribution < 1.29 is 9.90 Å². The highest BCUT2D eigenvalue weighted by atomic mass is 16.4. The predicted octanol–water partition coefficient (Wildman–Crippen LogP) is 1.88. The molecular formula is C13H14N2O2. The number of carboxylic acid groups (broad SMARTS) is 1. The Bertz CT molecular complexity index is 442. The number of para-hydroxylation sites is 1. The third-order valence-corrected chi connectivity index (χ3v) is 3.36. The molecule has 0 atom stereocenters. The summed E-state index contributed by atoms with van der Waals surface area (Å²) in [6.07, 6.45) is 0.765. The van der Waals surface area contributed by atoms with E-state index in [1.165, 1.54) is 0 Å². The molecule has 0 aromatic heterocycles. The van der Waals surface area contributed by atoms with Crippen molar-refractivity contribution in [2.45, 2.75) is 12.8 Å². The van der Waals surface area contributed by atoms with E-state index in [1.54, 1.807) is 0 Å². The molecule has 1 aromatic carbocycles. The van der Waals surface area contributed by atoms with Gasteiger partial charge in [0.1, 0.15) is 0 Å². The number of carbonyl (C=O) groups is 1. The average Bonchev–Trinajstić information content (AvgIpc) is 2.39. The lowest BCUT2D eigenvalue weighted by Gasteiger charge is -2.35. The number of benzene rings is 1. The van der Waals surface area contributed by atoms with E-state index in [-0.39, 0.29) is 0 Å². The first-order chi connectivity index (χ1) is 8.18. The number of hydrogen-bond donors (Lipinski definition) is 1. The second-order valence-corrected chi connectivity index (χ2v) is 4.32. The molecule has 0 saturated carbocycles. The van der Waals surface area contributed by atoms with Gasteiger partial charge in [0.05, 0.1) is 6.07 Å². The van der Waals surface area contributed by atoms with E-state index >= 15 is 0 Å². The fourth-order valence-corrected chi connectivity index (χ4v) is 2.16. The molecule has 1 aliphatic rings. The van der Waals surface area contributed by atoms with E-state index in [2.05, 4.69) is 4.90 Å². The van der Waals surface area contributed by atoms with E-state index < -0.39 is 11.4 Å². The Morgan fingerprint density at radius 1 is 1.29 bits per heavy atom. The summed E-state index contributed by atoms with van der Waals surface area (Å²) in [5.41, 5.74) is -0.102. The molecule has 1 aromatic rings. The molecule has 88 valence electrons. The zero-order valence-electron chi connectivity index (χ0n) is 9.47. The molecule has 1 saturated heterocycles. The van der Waals surface area contributed by atoms with E-state index in [1.807, 2.05) is 36.4 Å². The zero-order chi connectivity index (χ0) is 12.3. The van der Waals surface area contributed by atoms with Gasteiger partial charge in [-0.2, -0.15) is 5.26 Å². The van der Waals surface area contributed by atoms with Crippen molar-refractivity contribution >= 4 is 11.7 Å². The van der Waals surface area contributed by atoms with E-state index in [4.69, 9.17) is 10.4 Å². The normalized spacial score (nSPS) is 18.4. The molecule has 1 N–H and O–H groups in total. The molecular weight excluding hydrogens is 216 g/mol. The summed E-state index contributed by atoms with van der Waals surface area (Å²) in [6, 6.07) is 11.8. The monoisotopic (exact) mass is 230 g/mol. The van der Waals surface area contributed by atoms with Gasteiger partial charge >= 0.3 is 5.97 Å². The number of aliphatic carboxylic acids is 1. The lowest BCUT2D eigenvalue weighted by atomic mass is 9.80. The van der Waals surface area contributed by atoms with Crippen molar-refractivity contribution in [1.29, 1.82) is 5.26 Å². The van der Waals surface area contributed by atoms with Crippen molar-refractivity contribution in [3.63, 3.8) is 0 Å². The first kappa shape index (κ1) is 11.5. The van der Waals surface area contributed by atoms with Gasteiger partial charge < -0.3 is 10.0 Å². The van der Waals surface area contributed by atoms with Crippen LogP contribution in [0.5, 0.6) is 0 Å². The second kappa shape index (κ2) is 4.46. The number of hydrogen-bond acceptors (Lipinski definition) is 3. The summed E-state index contributed by atoms with van der Waals surface area (Å²) < 4.78 is 0. The van der Waals surface area contributed by atoms with Crippen LogP contribution in [0.2, 0.25) is 0 Å². The molecule has 0 aliphatic carbocycles. The fourth-order valence-electron chi connectivity index (χ4n) is 2.16. The maximum atomic E-state index is 11.1. The Hall–Kier alpha value is -2.02. The summed E-state index contributed by atoms with van der Waals surface area (Å²) in [7, 11) is 0. The minimum atomic E-state index is -1.19. The number of anilines is 1. The predicted molar refractivity (Wildman–Crippen MR) is 63.6 cm³/mol. The van der Waals surface area contributed by atoms with Crippen LogP contribution in [0.25, 0.3) is 0 Å². The Morgan fingerprint density at radius 3 is 2.35 bits per heavy atom. The molecule has 0 radical (unpaired) electrons. The molecule has 0 unspecified atom stereocenters. The maximum Gasteiger partial charge on any atom is 0.324 e. The van der Waals surface area contributed by atoms with Gasteiger partial charge in [-0.15, -0.1) is 0 Å². The van der Waals surface area contributed by atoms with Crippen LogP contribution in [-0.4, -0.2) is 24.2 Å². The third-order valence-electron chi connectivity index (χ3n) is 3.36. The number of rotatable bonds is 2. The quantitative estimate of drug-likeness (QED) is 0.842. The number of nitriles is 1. The van der Waals surface area contributed by atoms with Crippen molar-refractivity contribution in [3.05, 3.63) is 30.3 Å². The molecule has 17 heavy (non-hydrogen) atoms. The average molecular weight is 230 g/mol. The van der Waals surface area contributed by atoms with Gasteiger partial charge in [-0.05, 0) is 25.0 Å². The molecule has 4 heteroatoms. The van der Waals surface area contributed by atoms with Crippen molar-refractivity contribution in [3.8, 4) is 6.07 Å². The van der Waals surface area contributed by atoms with Gasteiger partial charge in [-0.25, -0.2) is 0 Å². The van der Waals surface area contributed by atoms with E-state index in [9.17, 15) is 4.79 Å². The molecule has 1 aliphatic heterocycles. The summed E-state index contributed by atoms with van der Waals surface area (Å²) in [5.74, 6) is -0.993. The van der Waals surface area contributed by atoms with Crippen molar-refractivity contribution in [1.82, 2.24) is 0 Å². The molecule has 1 fully saturated rings. The van der Waals surface area contributed by atoms with Crippen LogP contribution in [0.4, 0.5) is 5.69 Å². The summed E-state index contributed by atoms with van der Waals surface area (Å²) >= 11 is 0. The minimum Gasteiger partial charge on any atom is -0.480 e. The Morgan fingerprint density at radius 2 is 1.88 bits per heavy atom. The smallest absolute Gasteiger partial charge is 0.324 e. The van der Waals surface area contributed by atoms with Gasteiger partial charge in [0, 0.05) is 18.8 Å². The lowest BCUT2D eigenvalue weighted by Crippen LogP contribution is -2.43. The van der Waals surface area contributed by atoms with Crippen LogP contribution in [0.3, 0.4) is 0 Å². The Labute approximate surface area is 100 Å². The second-order valence-electron chi connectivity index (χ2n) is 4.32. The van der Waals surface area contributed by atoms with Crippen LogP contribution in [0.1, 0.15) is 12.8 Å². The Balaban J connectivity index is 2.09. The first-order valence-electron chi connectivity index (χ1n) is 5.63. The van der Waals surface area contributed by atoms with E-state index in [0.29, 0.717) is 25.9 Å². The van der Waals surface area contributed by atoms with Gasteiger partial charge in [-0.3, -0.25) is 4.79 Å². The summed E-state index contributed by atoms with van der Waals surface area (Å²) in [4.78, 5) is 13.2. The largest absolute Gasteiger partial charge is 0.480 e. The number of carboxylic acids is 1. The van der Waals surface area contributed by atoms with Crippen LogP contribution in [0.15, 0.2) is 30.3 Å². The van der Waals surface area contributed by atoms with Crippen molar-refractivity contribution in [2.75, 3.05) is 18.0 Å². The van der Waals surface area contributed by atoms with Gasteiger partial charge in [0.25, 0.3) is 0 Å². The minimum absolute atomic E-state index is 0.383. The van der Waals surface area contributed by atoms with Crippen LogP contribution in [0, 0.1) is 16.7 Å². The SMILES string of the molecule is N#CC1(C(=O)O)CCN(c2ccccc2)CC1. The lowest BCUT2D eigenvalue weighted by molar-refractivity contribution is -0.146. The topological polar surface area (TPSA) is 64.3 Å². The molecule has 0 amide bonds. The van der Waals surface area contributed by atoms with Crippen LogP contribution >= 0.6 is 0 Å². The van der Waals surface area contributed by atoms with Crippen LogP contribution < -0.4 is 4.90 Å². The Kier molecular flexibility index (Phi) is 3.01. The standard InChI is InChI=1S/C13H14N2O2/c14-10-13(12(16)17)6-8-15(9-7-13)11-4-2-1-3-5-11/h1-5H,6-9H2,(H,16,17). The third kappa shape index (κ3) is 2.09. The van der Waals surface area contributed by atoms with Gasteiger partial charge in [0.15, 0.2) is 5.41 Å². The van der Waals surface area contributed by atoms with Crippen LogP contribution in [-0.2, 0) is 4.79 Å². The van der Waals surface area contributed by atoms with E-state index in [0.717, 1.165) is 5.69 Å². The maximum absolute atomic E-state index is 11.1. The first-order valence-corrected chi connectivity index (χ1v) is 5.63. The fraction of sp³-hybridized carbons (Fsp3) is 0.385. The van der Waals surface area contributed by atoms with Gasteiger partial charge in [0.2, 0.25) is 0 Å². The van der Waals surface area contributed by atoms with Gasteiger partial charge in [-0.1, -0.05) is 18.2 Å². The zero-order valence-corrected chi connectivity index (χ0v) is 9.47. The highest BCUT2D eigenvalue weighted by Gasteiger charge is 2.41. The number of nitrogens with zero attached hydrogens (tertiary/aromatic N) is 2.